The number of likely N-dealkylation sites (N-methyl/N-ethyl adjacent to an activating group) is 1. The number of hydrogen-bond donors (Lipinski definition) is 2. The topological polar surface area (TPSA) is 114 Å². The zero-order valence-corrected chi connectivity index (χ0v) is 22.4. The van der Waals surface area contributed by atoms with Crippen LogP contribution in [0.15, 0.2) is 24.3 Å². The minimum absolute atomic E-state index is 0.110. The molecule has 1 unspecified atom stereocenters. The van der Waals surface area contributed by atoms with Crippen LogP contribution in [0.5, 0.6) is 5.75 Å². The molecule has 3 saturated heterocycles. The fourth-order valence-corrected chi connectivity index (χ4v) is 5.42. The van der Waals surface area contributed by atoms with Crippen molar-refractivity contribution in [3.63, 3.8) is 0 Å². The third-order valence-corrected chi connectivity index (χ3v) is 7.45. The molecule has 1 spiro atoms. The maximum Gasteiger partial charge on any atom is 0.290 e. The molecule has 3 aliphatic heterocycles. The van der Waals surface area contributed by atoms with E-state index in [9.17, 15) is 4.79 Å². The lowest BCUT2D eigenvalue weighted by Gasteiger charge is -2.33. The Balaban J connectivity index is 0.000000733. The fourth-order valence-electron chi connectivity index (χ4n) is 5.42. The van der Waals surface area contributed by atoms with Crippen molar-refractivity contribution in [2.24, 2.45) is 5.41 Å². The Morgan fingerprint density at radius 3 is 2.05 bits per heavy atom. The summed E-state index contributed by atoms with van der Waals surface area (Å²) in [6.07, 6.45) is 3.10. The van der Waals surface area contributed by atoms with E-state index in [1.54, 1.807) is 0 Å². The third kappa shape index (κ3) is 9.28. The highest BCUT2D eigenvalue weighted by molar-refractivity contribution is 5.85. The molecule has 3 aliphatic rings. The molecule has 3 fully saturated rings. The first-order chi connectivity index (χ1) is 17.9. The van der Waals surface area contributed by atoms with Gasteiger partial charge in [0.15, 0.2) is 0 Å². The molecular formula is C27H44N4O6. The van der Waals surface area contributed by atoms with Crippen molar-refractivity contribution in [2.75, 3.05) is 72.1 Å². The molecule has 0 aromatic heterocycles. The van der Waals surface area contributed by atoms with Crippen LogP contribution in [0.1, 0.15) is 38.7 Å². The van der Waals surface area contributed by atoms with Crippen LogP contribution in [0.3, 0.4) is 0 Å². The number of nitrogens with zero attached hydrogens (tertiary/aromatic N) is 4. The maximum absolute atomic E-state index is 12.9. The molecular weight excluding hydrogens is 476 g/mol. The second kappa shape index (κ2) is 16.2. The summed E-state index contributed by atoms with van der Waals surface area (Å²) in [6, 6.07) is 8.56. The second-order valence-corrected chi connectivity index (χ2v) is 9.76. The summed E-state index contributed by atoms with van der Waals surface area (Å²) in [7, 11) is 0. The van der Waals surface area contributed by atoms with Crippen molar-refractivity contribution in [2.45, 2.75) is 39.7 Å². The maximum atomic E-state index is 12.9. The van der Waals surface area contributed by atoms with Crippen LogP contribution in [0.25, 0.3) is 0 Å². The Morgan fingerprint density at radius 2 is 1.46 bits per heavy atom. The van der Waals surface area contributed by atoms with E-state index in [4.69, 9.17) is 24.5 Å². The number of rotatable bonds is 9. The van der Waals surface area contributed by atoms with Crippen LogP contribution in [0, 0.1) is 5.41 Å². The number of carbonyl (C=O) groups is 3. The predicted octanol–water partition coefficient (Wildman–Crippen LogP) is 1.94. The molecule has 0 saturated carbocycles. The van der Waals surface area contributed by atoms with Crippen molar-refractivity contribution in [1.82, 2.24) is 19.6 Å². The van der Waals surface area contributed by atoms with Gasteiger partial charge in [0.1, 0.15) is 12.4 Å². The van der Waals surface area contributed by atoms with E-state index in [2.05, 4.69) is 57.7 Å². The van der Waals surface area contributed by atoms with Crippen molar-refractivity contribution in [1.29, 1.82) is 0 Å². The standard InChI is InChI=1S/C25H40N4O2.2CH2O2/c1-3-11-29-13-10-25(24(29)30)9-12-28(21-25)20-22-5-7-23(8-6-22)31-19-18-27-16-14-26(4-2)15-17-27;2*2-1-3/h5-8H,3-4,9-21H2,1-2H3;2*1H,(H,2,3). The van der Waals surface area contributed by atoms with Crippen molar-refractivity contribution in [3.8, 4) is 5.75 Å². The van der Waals surface area contributed by atoms with Crippen LogP contribution in [-0.2, 0) is 20.9 Å². The monoisotopic (exact) mass is 520 g/mol. The SMILES string of the molecule is CCCN1CCC2(CCN(Cc3ccc(OCCN4CCN(CC)CC4)cc3)C2)C1=O.O=CO.O=CO. The molecule has 0 aliphatic carbocycles. The number of ether oxygens (including phenoxy) is 1. The summed E-state index contributed by atoms with van der Waals surface area (Å²) >= 11 is 0. The zero-order chi connectivity index (χ0) is 27.1. The molecule has 2 N–H and O–H groups in total. The number of amides is 1. The predicted molar refractivity (Wildman–Crippen MR) is 142 cm³/mol. The highest BCUT2D eigenvalue weighted by atomic mass is 16.5. The zero-order valence-electron chi connectivity index (χ0n) is 22.4. The van der Waals surface area contributed by atoms with Crippen LogP contribution >= 0.6 is 0 Å². The van der Waals surface area contributed by atoms with Gasteiger partial charge >= 0.3 is 0 Å². The number of likely N-dealkylation sites (tertiary alicyclic amines) is 2. The van der Waals surface area contributed by atoms with Crippen molar-refractivity contribution >= 4 is 18.9 Å². The van der Waals surface area contributed by atoms with Gasteiger partial charge in [0.2, 0.25) is 5.91 Å². The quantitative estimate of drug-likeness (QED) is 0.472. The van der Waals surface area contributed by atoms with Gasteiger partial charge in [-0.2, -0.15) is 0 Å². The van der Waals surface area contributed by atoms with Crippen LogP contribution in [0.2, 0.25) is 0 Å². The summed E-state index contributed by atoms with van der Waals surface area (Å²) in [4.78, 5) is 39.1. The van der Waals surface area contributed by atoms with Gasteiger partial charge in [0, 0.05) is 58.9 Å². The smallest absolute Gasteiger partial charge is 0.290 e. The number of carboxylic acid groups (broad SMARTS) is 2. The van der Waals surface area contributed by atoms with E-state index in [0.717, 1.165) is 90.5 Å². The lowest BCUT2D eigenvalue weighted by Crippen LogP contribution is -2.47. The molecule has 10 heteroatoms. The average molecular weight is 521 g/mol. The van der Waals surface area contributed by atoms with Gasteiger partial charge in [-0.1, -0.05) is 26.0 Å². The van der Waals surface area contributed by atoms with Gasteiger partial charge in [-0.3, -0.25) is 24.2 Å². The summed E-state index contributed by atoms with van der Waals surface area (Å²) in [6.45, 7) is 16.1. The summed E-state index contributed by atoms with van der Waals surface area (Å²) in [5, 5.41) is 13.8. The van der Waals surface area contributed by atoms with Crippen LogP contribution in [0.4, 0.5) is 0 Å². The minimum atomic E-state index is -0.250. The Bertz CT molecular complexity index is 810. The largest absolute Gasteiger partial charge is 0.492 e. The van der Waals surface area contributed by atoms with Gasteiger partial charge in [0.05, 0.1) is 5.41 Å². The molecule has 4 rings (SSSR count). The first-order valence-electron chi connectivity index (χ1n) is 13.3. The normalized spacial score (nSPS) is 22.2. The Hall–Kier alpha value is -2.69. The van der Waals surface area contributed by atoms with E-state index >= 15 is 0 Å². The molecule has 1 aromatic carbocycles. The molecule has 0 radical (unpaired) electrons. The van der Waals surface area contributed by atoms with Crippen molar-refractivity contribution < 1.29 is 29.3 Å². The highest BCUT2D eigenvalue weighted by Crippen LogP contribution is 2.41. The molecule has 10 nitrogen and oxygen atoms in total. The molecule has 1 aromatic rings. The highest BCUT2D eigenvalue weighted by Gasteiger charge is 2.50. The van der Waals surface area contributed by atoms with Crippen molar-refractivity contribution in [3.05, 3.63) is 29.8 Å². The third-order valence-electron chi connectivity index (χ3n) is 7.45. The lowest BCUT2D eigenvalue weighted by molar-refractivity contribution is -0.135. The number of piperazine rings is 1. The molecule has 37 heavy (non-hydrogen) atoms. The number of hydrogen-bond acceptors (Lipinski definition) is 7. The summed E-state index contributed by atoms with van der Waals surface area (Å²) < 4.78 is 5.99. The lowest BCUT2D eigenvalue weighted by atomic mass is 9.85. The van der Waals surface area contributed by atoms with Gasteiger partial charge in [-0.25, -0.2) is 0 Å². The van der Waals surface area contributed by atoms with E-state index in [1.807, 2.05) is 0 Å². The molecule has 1 amide bonds. The average Bonchev–Trinajstić information content (AvgIpc) is 3.45. The van der Waals surface area contributed by atoms with Crippen LogP contribution < -0.4 is 4.74 Å². The van der Waals surface area contributed by atoms with E-state index < -0.39 is 0 Å². The Morgan fingerprint density at radius 1 is 0.865 bits per heavy atom. The Labute approximate surface area is 220 Å². The van der Waals surface area contributed by atoms with Gasteiger partial charge < -0.3 is 24.7 Å². The Kier molecular flexibility index (Phi) is 13.4. The molecule has 0 bridgehead atoms. The molecule has 208 valence electrons. The first-order valence-corrected chi connectivity index (χ1v) is 13.3. The van der Waals surface area contributed by atoms with Crippen LogP contribution in [-0.4, -0.2) is 121 Å². The molecule has 1 atom stereocenters. The van der Waals surface area contributed by atoms with E-state index in [1.165, 1.54) is 18.7 Å². The minimum Gasteiger partial charge on any atom is -0.492 e. The summed E-state index contributed by atoms with van der Waals surface area (Å²) in [5.41, 5.74) is 1.19. The first kappa shape index (κ1) is 30.5. The second-order valence-electron chi connectivity index (χ2n) is 9.76. The van der Waals surface area contributed by atoms with E-state index in [0.29, 0.717) is 5.91 Å². The van der Waals surface area contributed by atoms with Gasteiger partial charge in [-0.05, 0) is 50.0 Å². The van der Waals surface area contributed by atoms with Gasteiger partial charge in [-0.15, -0.1) is 0 Å². The fraction of sp³-hybridized carbons (Fsp3) is 0.667. The number of benzene rings is 1. The van der Waals surface area contributed by atoms with E-state index in [-0.39, 0.29) is 18.4 Å². The molecule has 3 heterocycles. The van der Waals surface area contributed by atoms with Gasteiger partial charge in [0.25, 0.3) is 12.9 Å². The number of carbonyl (C=O) groups excluding carboxylic acids is 1. The summed E-state index contributed by atoms with van der Waals surface area (Å²) in [5.74, 6) is 1.35.